The maximum Gasteiger partial charge on any atom is 0.363 e. The summed E-state index contributed by atoms with van der Waals surface area (Å²) < 4.78 is 60.6. The molecule has 2 heterocycles. The number of halogens is 1. The molecule has 0 aliphatic carbocycles. The van der Waals surface area contributed by atoms with Gasteiger partial charge in [-0.2, -0.15) is 12.7 Å². The third kappa shape index (κ3) is 6.35. The molecule has 0 bridgehead atoms. The number of rotatable bonds is 12. The van der Waals surface area contributed by atoms with Crippen LogP contribution in [0.15, 0.2) is 5.38 Å². The minimum atomic E-state index is -5.15. The van der Waals surface area contributed by atoms with Gasteiger partial charge in [-0.05, 0) is 13.8 Å². The van der Waals surface area contributed by atoms with E-state index in [4.69, 9.17) is 20.6 Å². The van der Waals surface area contributed by atoms with E-state index in [0.717, 1.165) is 18.4 Å². The number of esters is 1. The zero-order chi connectivity index (χ0) is 26.6. The molecule has 1 saturated heterocycles. The first kappa shape index (κ1) is 29.1. The van der Waals surface area contributed by atoms with Crippen LogP contribution < -0.4 is 10.6 Å². The molecule has 35 heavy (non-hydrogen) atoms. The van der Waals surface area contributed by atoms with Gasteiger partial charge in [0.15, 0.2) is 16.8 Å². The quantitative estimate of drug-likeness (QED) is 0.101. The molecule has 3 N–H and O–H groups in total. The standard InChI is InChI=1S/C16H22ClN4O11PS2/c1-4-31-33(26,32-5-2)12(8-7-34-16(18-8)19-9(22)6-17)13(23)20-10-11(15(25)30-3)21(14(10)24)35(27,28)29/h7,10-12H,4-6H2,1-3H3,(H,20,23)(H,18,19,22)(H,27,28,29)/t10-,11-,12?/m0/s1. The number of methoxy groups -OCH3 is 1. The van der Waals surface area contributed by atoms with E-state index in [2.05, 4.69) is 20.4 Å². The van der Waals surface area contributed by atoms with E-state index in [1.165, 1.54) is 19.2 Å². The van der Waals surface area contributed by atoms with E-state index in [9.17, 15) is 36.7 Å². The lowest BCUT2D eigenvalue weighted by Crippen LogP contribution is -2.74. The molecule has 19 heteroatoms. The van der Waals surface area contributed by atoms with E-state index >= 15 is 0 Å². The number of ether oxygens (including phenoxy) is 1. The van der Waals surface area contributed by atoms with Crippen molar-refractivity contribution in [2.45, 2.75) is 31.6 Å². The van der Waals surface area contributed by atoms with Gasteiger partial charge in [0.1, 0.15) is 11.9 Å². The Bertz CT molecular complexity index is 1130. The highest BCUT2D eigenvalue weighted by atomic mass is 35.5. The van der Waals surface area contributed by atoms with Crippen molar-refractivity contribution in [3.05, 3.63) is 11.1 Å². The van der Waals surface area contributed by atoms with Crippen molar-refractivity contribution >= 4 is 69.7 Å². The Balaban J connectivity index is 2.46. The smallest absolute Gasteiger partial charge is 0.363 e. The summed E-state index contributed by atoms with van der Waals surface area (Å²) in [5, 5.41) is 5.78. The van der Waals surface area contributed by atoms with Gasteiger partial charge in [-0.3, -0.25) is 23.5 Å². The number of hydrogen-bond donors (Lipinski definition) is 3. The second kappa shape index (κ2) is 11.7. The predicted molar refractivity (Wildman–Crippen MR) is 121 cm³/mol. The summed E-state index contributed by atoms with van der Waals surface area (Å²) in [6, 6.07) is -3.70. The van der Waals surface area contributed by atoms with Crippen LogP contribution in [0.3, 0.4) is 0 Å². The zero-order valence-electron chi connectivity index (χ0n) is 18.5. The number of carbonyl (C=O) groups excluding carboxylic acids is 4. The van der Waals surface area contributed by atoms with Gasteiger partial charge in [0, 0.05) is 5.38 Å². The van der Waals surface area contributed by atoms with Crippen LogP contribution in [0.25, 0.3) is 0 Å². The maximum atomic E-state index is 13.5. The van der Waals surface area contributed by atoms with Crippen molar-refractivity contribution in [2.75, 3.05) is 31.5 Å². The zero-order valence-corrected chi connectivity index (χ0v) is 21.8. The van der Waals surface area contributed by atoms with E-state index in [-0.39, 0.29) is 34.2 Å². The number of nitrogens with zero attached hydrogens (tertiary/aromatic N) is 2. The first-order chi connectivity index (χ1) is 16.3. The Morgan fingerprint density at radius 3 is 2.40 bits per heavy atom. The Morgan fingerprint density at radius 2 is 1.91 bits per heavy atom. The summed E-state index contributed by atoms with van der Waals surface area (Å²) in [6.45, 7) is 2.68. The van der Waals surface area contributed by atoms with Crippen molar-refractivity contribution in [2.24, 2.45) is 0 Å². The maximum absolute atomic E-state index is 13.5. The van der Waals surface area contributed by atoms with Gasteiger partial charge in [-0.25, -0.2) is 9.78 Å². The van der Waals surface area contributed by atoms with Crippen molar-refractivity contribution in [1.82, 2.24) is 14.6 Å². The van der Waals surface area contributed by atoms with Gasteiger partial charge in [0.25, 0.3) is 5.91 Å². The fourth-order valence-electron chi connectivity index (χ4n) is 3.05. The number of anilines is 1. The third-order valence-corrected chi connectivity index (χ3v) is 8.68. The van der Waals surface area contributed by atoms with Crippen LogP contribution in [-0.2, 0) is 47.8 Å². The Labute approximate surface area is 208 Å². The highest BCUT2D eigenvalue weighted by Gasteiger charge is 2.59. The Kier molecular flexibility index (Phi) is 9.75. The normalized spacial score (nSPS) is 19.0. The van der Waals surface area contributed by atoms with E-state index in [0.29, 0.717) is 0 Å². The largest absolute Gasteiger partial charge is 0.467 e. The van der Waals surface area contributed by atoms with Crippen LogP contribution in [0.2, 0.25) is 0 Å². The molecule has 0 radical (unpaired) electrons. The molecule has 0 aromatic carbocycles. The molecule has 15 nitrogen and oxygen atoms in total. The lowest BCUT2D eigenvalue weighted by molar-refractivity contribution is -0.162. The monoisotopic (exact) mass is 576 g/mol. The van der Waals surface area contributed by atoms with Gasteiger partial charge in [-0.1, -0.05) is 0 Å². The summed E-state index contributed by atoms with van der Waals surface area (Å²) >= 11 is 6.31. The topological polar surface area (TPSA) is 208 Å². The minimum absolute atomic E-state index is 0.00713. The van der Waals surface area contributed by atoms with E-state index < -0.39 is 59.3 Å². The molecule has 0 spiro atoms. The van der Waals surface area contributed by atoms with Crippen LogP contribution in [-0.4, -0.2) is 84.2 Å². The van der Waals surface area contributed by atoms with Crippen LogP contribution >= 0.6 is 30.5 Å². The molecule has 1 unspecified atom stereocenters. The molecule has 1 aromatic heterocycles. The van der Waals surface area contributed by atoms with Gasteiger partial charge in [0.05, 0.1) is 26.0 Å². The highest BCUT2D eigenvalue weighted by Crippen LogP contribution is 2.61. The van der Waals surface area contributed by atoms with Gasteiger partial charge in [0.2, 0.25) is 11.8 Å². The number of alkyl halides is 1. The molecule has 2 rings (SSSR count). The third-order valence-electron chi connectivity index (χ3n) is 4.39. The Hall–Kier alpha value is -2.14. The van der Waals surface area contributed by atoms with Crippen molar-refractivity contribution < 1.29 is 50.5 Å². The molecule has 196 valence electrons. The van der Waals surface area contributed by atoms with Crippen LogP contribution in [0, 0.1) is 0 Å². The molecule has 0 saturated carbocycles. The molecular formula is C16H22ClN4O11PS2. The first-order valence-electron chi connectivity index (χ1n) is 9.73. The number of aromatic nitrogens is 1. The Morgan fingerprint density at radius 1 is 1.31 bits per heavy atom. The van der Waals surface area contributed by atoms with Crippen molar-refractivity contribution in [1.29, 1.82) is 0 Å². The van der Waals surface area contributed by atoms with Crippen molar-refractivity contribution in [3.63, 3.8) is 0 Å². The molecule has 1 aromatic rings. The van der Waals surface area contributed by atoms with Gasteiger partial charge < -0.3 is 24.4 Å². The first-order valence-corrected chi connectivity index (χ1v) is 14.2. The summed E-state index contributed by atoms with van der Waals surface area (Å²) in [6.07, 6.45) is 0. The molecule has 3 atom stereocenters. The number of thiazole rings is 1. The number of carbonyl (C=O) groups is 4. The molecule has 1 fully saturated rings. The number of amides is 3. The minimum Gasteiger partial charge on any atom is -0.467 e. The van der Waals surface area contributed by atoms with Gasteiger partial charge >= 0.3 is 23.9 Å². The predicted octanol–water partition coefficient (Wildman–Crippen LogP) is 0.299. The summed E-state index contributed by atoms with van der Waals surface area (Å²) in [7, 11) is -8.56. The van der Waals surface area contributed by atoms with E-state index in [1.54, 1.807) is 0 Å². The number of hydrogen-bond acceptors (Lipinski definition) is 12. The van der Waals surface area contributed by atoms with Crippen LogP contribution in [0.5, 0.6) is 0 Å². The SMILES string of the molecule is CCOP(=O)(OCC)C(C(=O)N[C@@H]1C(=O)N(S(=O)(=O)O)[C@@H]1C(=O)OC)c1csc(NC(=O)CCl)n1. The fourth-order valence-corrected chi connectivity index (χ4v) is 6.72. The van der Waals surface area contributed by atoms with E-state index in [1.807, 2.05) is 0 Å². The molecule has 3 amide bonds. The average Bonchev–Trinajstić information content (AvgIpc) is 3.21. The lowest BCUT2D eigenvalue weighted by atomic mass is 9.98. The highest BCUT2D eigenvalue weighted by molar-refractivity contribution is 7.84. The number of nitrogens with one attached hydrogen (secondary N) is 2. The van der Waals surface area contributed by atoms with Crippen molar-refractivity contribution in [3.8, 4) is 0 Å². The second-order valence-corrected chi connectivity index (χ2v) is 11.1. The molecule has 1 aliphatic heterocycles. The second-order valence-electron chi connectivity index (χ2n) is 6.60. The van der Waals surface area contributed by atoms with Crippen LogP contribution in [0.1, 0.15) is 25.2 Å². The molecule has 1 aliphatic rings. The van der Waals surface area contributed by atoms with Gasteiger partial charge in [-0.15, -0.1) is 22.9 Å². The number of β-lactam (4-membered cyclic amide) rings is 1. The summed E-state index contributed by atoms with van der Waals surface area (Å²) in [5.74, 6) is -4.73. The average molecular weight is 577 g/mol. The lowest BCUT2D eigenvalue weighted by Gasteiger charge is -2.42. The summed E-state index contributed by atoms with van der Waals surface area (Å²) in [4.78, 5) is 53.3. The molecular weight excluding hydrogens is 555 g/mol. The summed E-state index contributed by atoms with van der Waals surface area (Å²) in [5.41, 5.74) is -1.96. The fraction of sp³-hybridized carbons (Fsp3) is 0.562. The van der Waals surface area contributed by atoms with Crippen LogP contribution in [0.4, 0.5) is 5.13 Å².